The molecule has 0 aromatic heterocycles. The Bertz CT molecular complexity index is 575. The third kappa shape index (κ3) is 2.73. The zero-order chi connectivity index (χ0) is 13.1. The smallest absolute Gasteiger partial charge is 0.148 e. The number of methoxy groups -OCH3 is 1. The lowest BCUT2D eigenvalue weighted by Crippen LogP contribution is -1.96. The van der Waals surface area contributed by atoms with Crippen molar-refractivity contribution >= 4 is 33.0 Å². The minimum absolute atomic E-state index is 0.369. The van der Waals surface area contributed by atoms with Crippen LogP contribution in [0.25, 0.3) is 0 Å². The van der Waals surface area contributed by atoms with Gasteiger partial charge in [-0.3, -0.25) is 0 Å². The van der Waals surface area contributed by atoms with Crippen LogP contribution in [-0.4, -0.2) is 7.11 Å². The second-order valence-corrected chi connectivity index (χ2v) is 4.57. The molecule has 0 aliphatic carbocycles. The van der Waals surface area contributed by atoms with Crippen molar-refractivity contribution in [1.82, 2.24) is 0 Å². The van der Waals surface area contributed by atoms with Gasteiger partial charge in [0.05, 0.1) is 17.3 Å². The number of nitrogens with two attached hydrogens (primary N) is 1. The summed E-state index contributed by atoms with van der Waals surface area (Å²) in [6, 6.07) is 9.94. The predicted octanol–water partition coefficient (Wildman–Crippen LogP) is 3.92. The Morgan fingerprint density at radius 3 is 2.67 bits per heavy atom. The van der Waals surface area contributed by atoms with Crippen LogP contribution in [0.15, 0.2) is 40.9 Å². The summed E-state index contributed by atoms with van der Waals surface area (Å²) in [7, 11) is 1.58. The first-order valence-electron chi connectivity index (χ1n) is 5.26. The summed E-state index contributed by atoms with van der Waals surface area (Å²) in [6.07, 6.45) is 0. The van der Waals surface area contributed by atoms with E-state index >= 15 is 0 Å². The second kappa shape index (κ2) is 5.27. The van der Waals surface area contributed by atoms with Gasteiger partial charge in [-0.25, -0.2) is 4.39 Å². The van der Waals surface area contributed by atoms with Gasteiger partial charge in [-0.2, -0.15) is 0 Å². The van der Waals surface area contributed by atoms with Crippen LogP contribution in [0.1, 0.15) is 0 Å². The number of anilines is 3. The number of halogens is 2. The molecule has 18 heavy (non-hydrogen) atoms. The maximum absolute atomic E-state index is 13.6. The molecule has 0 saturated heterocycles. The molecule has 0 fully saturated rings. The lowest BCUT2D eigenvalue weighted by atomic mass is 10.2. The third-order valence-corrected chi connectivity index (χ3v) is 3.08. The van der Waals surface area contributed by atoms with E-state index in [4.69, 9.17) is 10.5 Å². The molecule has 0 spiro atoms. The van der Waals surface area contributed by atoms with Gasteiger partial charge in [0, 0.05) is 17.4 Å². The molecular weight excluding hydrogens is 299 g/mol. The van der Waals surface area contributed by atoms with Crippen LogP contribution in [0, 0.1) is 5.82 Å². The van der Waals surface area contributed by atoms with Gasteiger partial charge in [0.15, 0.2) is 0 Å². The van der Waals surface area contributed by atoms with E-state index in [1.54, 1.807) is 25.3 Å². The molecule has 94 valence electrons. The number of benzene rings is 2. The molecule has 0 unspecified atom stereocenters. The summed E-state index contributed by atoms with van der Waals surface area (Å²) in [5.74, 6) is 0.285. The minimum atomic E-state index is -0.392. The van der Waals surface area contributed by atoms with Crippen LogP contribution in [0.4, 0.5) is 21.5 Å². The van der Waals surface area contributed by atoms with Crippen LogP contribution >= 0.6 is 15.9 Å². The molecular formula is C13H12BrFN2O. The van der Waals surface area contributed by atoms with Crippen molar-refractivity contribution in [3.63, 3.8) is 0 Å². The number of nitrogen functional groups attached to an aromatic ring is 1. The zero-order valence-corrected chi connectivity index (χ0v) is 11.3. The highest BCUT2D eigenvalue weighted by molar-refractivity contribution is 9.10. The maximum atomic E-state index is 13.6. The molecule has 2 rings (SSSR count). The first-order valence-corrected chi connectivity index (χ1v) is 6.05. The van der Waals surface area contributed by atoms with Gasteiger partial charge in [0.2, 0.25) is 0 Å². The standard InChI is InChI=1S/C13H12BrFN2O/c1-18-13-7-9(3-4-10(13)14)17-12-5-2-8(16)6-11(12)15/h2-7,17H,16H2,1H3. The second-order valence-electron chi connectivity index (χ2n) is 3.71. The summed E-state index contributed by atoms with van der Waals surface area (Å²) in [6.45, 7) is 0. The van der Waals surface area contributed by atoms with Crippen molar-refractivity contribution in [3.8, 4) is 5.75 Å². The molecule has 0 bridgehead atoms. The van der Waals surface area contributed by atoms with Crippen LogP contribution in [0.3, 0.4) is 0 Å². The Balaban J connectivity index is 2.28. The Morgan fingerprint density at radius 2 is 2.00 bits per heavy atom. The quantitative estimate of drug-likeness (QED) is 0.845. The molecule has 5 heteroatoms. The number of rotatable bonds is 3. The Hall–Kier alpha value is -1.75. The largest absolute Gasteiger partial charge is 0.495 e. The first-order chi connectivity index (χ1) is 8.60. The van der Waals surface area contributed by atoms with Crippen molar-refractivity contribution < 1.29 is 9.13 Å². The van der Waals surface area contributed by atoms with E-state index in [1.807, 2.05) is 12.1 Å². The molecule has 2 aromatic carbocycles. The number of nitrogens with one attached hydrogen (secondary N) is 1. The molecule has 0 aliphatic heterocycles. The van der Waals surface area contributed by atoms with Gasteiger partial charge in [-0.05, 0) is 46.3 Å². The average molecular weight is 311 g/mol. The predicted molar refractivity (Wildman–Crippen MR) is 74.8 cm³/mol. The minimum Gasteiger partial charge on any atom is -0.495 e. The molecule has 0 aliphatic rings. The van der Waals surface area contributed by atoms with E-state index < -0.39 is 5.82 Å². The molecule has 3 nitrogen and oxygen atoms in total. The summed E-state index contributed by atoms with van der Waals surface area (Å²) < 4.78 is 19.6. The van der Waals surface area contributed by atoms with E-state index in [9.17, 15) is 4.39 Å². The molecule has 0 radical (unpaired) electrons. The number of ether oxygens (including phenoxy) is 1. The molecule has 0 amide bonds. The highest BCUT2D eigenvalue weighted by atomic mass is 79.9. The van der Waals surface area contributed by atoms with Gasteiger partial charge in [0.25, 0.3) is 0 Å². The number of hydrogen-bond acceptors (Lipinski definition) is 3. The van der Waals surface area contributed by atoms with Crippen LogP contribution in [0.2, 0.25) is 0 Å². The normalized spacial score (nSPS) is 10.2. The van der Waals surface area contributed by atoms with E-state index in [2.05, 4.69) is 21.2 Å². The number of hydrogen-bond donors (Lipinski definition) is 2. The Morgan fingerprint density at radius 1 is 1.22 bits per heavy atom. The summed E-state index contributed by atoms with van der Waals surface area (Å²) >= 11 is 3.36. The topological polar surface area (TPSA) is 47.3 Å². The van der Waals surface area contributed by atoms with Gasteiger partial charge < -0.3 is 15.8 Å². The highest BCUT2D eigenvalue weighted by Gasteiger charge is 2.05. The van der Waals surface area contributed by atoms with Gasteiger partial charge in [-0.1, -0.05) is 0 Å². The Kier molecular flexibility index (Phi) is 3.72. The van der Waals surface area contributed by atoms with Crippen LogP contribution < -0.4 is 15.8 Å². The van der Waals surface area contributed by atoms with E-state index in [1.165, 1.54) is 6.07 Å². The van der Waals surface area contributed by atoms with E-state index in [-0.39, 0.29) is 0 Å². The van der Waals surface area contributed by atoms with Gasteiger partial charge >= 0.3 is 0 Å². The van der Waals surface area contributed by atoms with Crippen LogP contribution in [0.5, 0.6) is 5.75 Å². The molecule has 0 atom stereocenters. The summed E-state index contributed by atoms with van der Waals surface area (Å²) in [5.41, 5.74) is 6.99. The fraction of sp³-hybridized carbons (Fsp3) is 0.0769. The van der Waals surface area contributed by atoms with Crippen LogP contribution in [-0.2, 0) is 0 Å². The maximum Gasteiger partial charge on any atom is 0.148 e. The highest BCUT2D eigenvalue weighted by Crippen LogP contribution is 2.30. The van der Waals surface area contributed by atoms with Crippen molar-refractivity contribution in [2.24, 2.45) is 0 Å². The monoisotopic (exact) mass is 310 g/mol. The molecule has 3 N–H and O–H groups in total. The first kappa shape index (κ1) is 12.7. The van der Waals surface area contributed by atoms with Crippen molar-refractivity contribution in [3.05, 3.63) is 46.7 Å². The fourth-order valence-electron chi connectivity index (χ4n) is 1.53. The molecule has 0 saturated carbocycles. The fourth-order valence-corrected chi connectivity index (χ4v) is 1.93. The van der Waals surface area contributed by atoms with Gasteiger partial charge in [0.1, 0.15) is 11.6 Å². The summed E-state index contributed by atoms with van der Waals surface area (Å²) in [5, 5.41) is 2.97. The third-order valence-electron chi connectivity index (χ3n) is 2.42. The van der Waals surface area contributed by atoms with Crippen molar-refractivity contribution in [2.75, 3.05) is 18.2 Å². The SMILES string of the molecule is COc1cc(Nc2ccc(N)cc2F)ccc1Br. The lowest BCUT2D eigenvalue weighted by molar-refractivity contribution is 0.412. The molecule has 2 aromatic rings. The zero-order valence-electron chi connectivity index (χ0n) is 9.71. The van der Waals surface area contributed by atoms with Gasteiger partial charge in [-0.15, -0.1) is 0 Å². The van der Waals surface area contributed by atoms with E-state index in [0.717, 1.165) is 10.2 Å². The van der Waals surface area contributed by atoms with Crippen molar-refractivity contribution in [1.29, 1.82) is 0 Å². The van der Waals surface area contributed by atoms with Crippen molar-refractivity contribution in [2.45, 2.75) is 0 Å². The molecule has 0 heterocycles. The van der Waals surface area contributed by atoms with E-state index in [0.29, 0.717) is 17.1 Å². The Labute approximate surface area is 113 Å². The summed E-state index contributed by atoms with van der Waals surface area (Å²) in [4.78, 5) is 0. The average Bonchev–Trinajstić information content (AvgIpc) is 2.35. The lowest BCUT2D eigenvalue weighted by Gasteiger charge is -2.10.